The molecule has 23 heavy (non-hydrogen) atoms. The second kappa shape index (κ2) is 5.99. The number of benzene rings is 2. The number of para-hydroxylation sites is 1. The first-order valence-electron chi connectivity index (χ1n) is 8.00. The van der Waals surface area contributed by atoms with Crippen molar-refractivity contribution in [3.8, 4) is 0 Å². The minimum absolute atomic E-state index is 0.0412. The Kier molecular flexibility index (Phi) is 3.83. The van der Waals surface area contributed by atoms with Crippen LogP contribution in [0.3, 0.4) is 0 Å². The molecule has 0 bridgehead atoms. The van der Waals surface area contributed by atoms with E-state index in [9.17, 15) is 0 Å². The molecule has 4 rings (SSSR count). The number of nitrogens with two attached hydrogens (primary N) is 1. The lowest BCUT2D eigenvalue weighted by molar-refractivity contribution is 0.878. The molecule has 1 aliphatic carbocycles. The van der Waals surface area contributed by atoms with Crippen LogP contribution in [0.1, 0.15) is 29.2 Å². The van der Waals surface area contributed by atoms with Crippen LogP contribution in [0.5, 0.6) is 0 Å². The number of halogens is 1. The van der Waals surface area contributed by atoms with Crippen LogP contribution in [0.15, 0.2) is 60.8 Å². The van der Waals surface area contributed by atoms with E-state index < -0.39 is 0 Å². The van der Waals surface area contributed by atoms with Gasteiger partial charge in [-0.15, -0.1) is 0 Å². The summed E-state index contributed by atoms with van der Waals surface area (Å²) < 4.78 is 0. The Hall–Kier alpha value is -1.84. The van der Waals surface area contributed by atoms with E-state index in [0.29, 0.717) is 0 Å². The van der Waals surface area contributed by atoms with Crippen LogP contribution < -0.4 is 10.6 Å². The number of allylic oxidation sites excluding steroid dienone is 2. The fourth-order valence-electron chi connectivity index (χ4n) is 3.50. The average molecular weight is 367 g/mol. The lowest BCUT2D eigenvalue weighted by atomic mass is 9.80. The Bertz CT molecular complexity index is 807. The van der Waals surface area contributed by atoms with Gasteiger partial charge in [0.1, 0.15) is 0 Å². The van der Waals surface area contributed by atoms with Crippen molar-refractivity contribution in [1.82, 2.24) is 0 Å². The van der Waals surface area contributed by atoms with Gasteiger partial charge in [-0.25, -0.2) is 0 Å². The quantitative estimate of drug-likeness (QED) is 0.795. The zero-order valence-corrected chi connectivity index (χ0v) is 14.5. The molecule has 3 heteroatoms. The minimum Gasteiger partial charge on any atom is -0.347 e. The molecular formula is C20H19BrN2. The Morgan fingerprint density at radius 2 is 1.70 bits per heavy atom. The molecule has 0 aromatic heterocycles. The summed E-state index contributed by atoms with van der Waals surface area (Å²) in [6, 6.07) is 17.1. The van der Waals surface area contributed by atoms with Gasteiger partial charge in [-0.1, -0.05) is 64.5 Å². The molecule has 0 spiro atoms. The maximum atomic E-state index is 6.40. The highest BCUT2D eigenvalue weighted by Gasteiger charge is 2.28. The van der Waals surface area contributed by atoms with Gasteiger partial charge in [0.15, 0.2) is 0 Å². The number of hydrogen-bond donors (Lipinski definition) is 1. The van der Waals surface area contributed by atoms with Gasteiger partial charge in [0.2, 0.25) is 0 Å². The van der Waals surface area contributed by atoms with Gasteiger partial charge < -0.3 is 10.6 Å². The average Bonchev–Trinajstić information content (AvgIpc) is 2.60. The third-order valence-corrected chi connectivity index (χ3v) is 5.13. The Balaban J connectivity index is 1.89. The summed E-state index contributed by atoms with van der Waals surface area (Å²) in [5.74, 6) is 0. The third-order valence-electron chi connectivity index (χ3n) is 4.57. The molecule has 2 N–H and O–H groups in total. The monoisotopic (exact) mass is 366 g/mol. The van der Waals surface area contributed by atoms with Crippen LogP contribution in [0.25, 0.3) is 11.1 Å². The Morgan fingerprint density at radius 1 is 0.957 bits per heavy atom. The number of nitrogens with zero attached hydrogens (tertiary/aromatic N) is 1. The van der Waals surface area contributed by atoms with Crippen LogP contribution in [0.4, 0.5) is 5.69 Å². The number of alkyl halides is 1. The van der Waals surface area contributed by atoms with Gasteiger partial charge in [-0.05, 0) is 29.2 Å². The van der Waals surface area contributed by atoms with Gasteiger partial charge in [-0.2, -0.15) is 0 Å². The van der Waals surface area contributed by atoms with Gasteiger partial charge in [0.05, 0.1) is 0 Å². The normalized spacial score (nSPS) is 18.5. The predicted molar refractivity (Wildman–Crippen MR) is 102 cm³/mol. The van der Waals surface area contributed by atoms with Crippen LogP contribution in [0, 0.1) is 0 Å². The van der Waals surface area contributed by atoms with Crippen LogP contribution in [-0.2, 0) is 0 Å². The SMILES string of the molecule is NC1C=C2C(=CN(CCCBr)c3ccccc32)c2ccccc21. The summed E-state index contributed by atoms with van der Waals surface area (Å²) in [6.07, 6.45) is 5.61. The standard InChI is InChI=1S/C20H19BrN2/c21-10-5-11-23-13-18-14-6-1-2-7-15(14)19(22)12-17(18)16-8-3-4-9-20(16)23/h1-4,6-9,12-13,19H,5,10-11,22H2. The van der Waals surface area contributed by atoms with E-state index in [1.54, 1.807) is 0 Å². The van der Waals surface area contributed by atoms with Crippen molar-refractivity contribution in [2.24, 2.45) is 5.73 Å². The van der Waals surface area contributed by atoms with E-state index in [1.807, 2.05) is 0 Å². The highest BCUT2D eigenvalue weighted by molar-refractivity contribution is 9.09. The largest absolute Gasteiger partial charge is 0.347 e. The maximum Gasteiger partial charge on any atom is 0.0496 e. The Morgan fingerprint density at radius 3 is 2.52 bits per heavy atom. The highest BCUT2D eigenvalue weighted by Crippen LogP contribution is 2.46. The second-order valence-electron chi connectivity index (χ2n) is 5.99. The fraction of sp³-hybridized carbons (Fsp3) is 0.200. The van der Waals surface area contributed by atoms with Crippen LogP contribution in [0.2, 0.25) is 0 Å². The van der Waals surface area contributed by atoms with Gasteiger partial charge in [0, 0.05) is 40.9 Å². The molecule has 0 saturated carbocycles. The highest BCUT2D eigenvalue weighted by atomic mass is 79.9. The topological polar surface area (TPSA) is 29.3 Å². The van der Waals surface area contributed by atoms with E-state index in [0.717, 1.165) is 18.3 Å². The molecule has 1 heterocycles. The molecule has 116 valence electrons. The summed E-state index contributed by atoms with van der Waals surface area (Å²) in [4.78, 5) is 2.37. The van der Waals surface area contributed by atoms with Crippen molar-refractivity contribution >= 4 is 32.8 Å². The molecule has 1 atom stereocenters. The van der Waals surface area contributed by atoms with Gasteiger partial charge in [-0.3, -0.25) is 0 Å². The summed E-state index contributed by atoms with van der Waals surface area (Å²) in [5.41, 5.74) is 14.0. The molecule has 0 saturated heterocycles. The van der Waals surface area contributed by atoms with E-state index >= 15 is 0 Å². The number of anilines is 1. The number of rotatable bonds is 3. The van der Waals surface area contributed by atoms with Crippen LogP contribution >= 0.6 is 15.9 Å². The van der Waals surface area contributed by atoms with E-state index in [1.165, 1.54) is 33.5 Å². The summed E-state index contributed by atoms with van der Waals surface area (Å²) in [7, 11) is 0. The molecule has 2 aromatic carbocycles. The van der Waals surface area contributed by atoms with Gasteiger partial charge in [0.25, 0.3) is 0 Å². The van der Waals surface area contributed by atoms with E-state index in [2.05, 4.69) is 81.6 Å². The maximum absolute atomic E-state index is 6.40. The Labute approximate surface area is 145 Å². The molecule has 1 unspecified atom stereocenters. The predicted octanol–water partition coefficient (Wildman–Crippen LogP) is 4.73. The summed E-state index contributed by atoms with van der Waals surface area (Å²) >= 11 is 3.54. The molecule has 1 aliphatic heterocycles. The van der Waals surface area contributed by atoms with Crippen molar-refractivity contribution in [2.75, 3.05) is 16.8 Å². The molecular weight excluding hydrogens is 348 g/mol. The first kappa shape index (κ1) is 14.7. The zero-order chi connectivity index (χ0) is 15.8. The minimum atomic E-state index is -0.0412. The number of fused-ring (bicyclic) bond motifs is 5. The van der Waals surface area contributed by atoms with Crippen molar-refractivity contribution in [3.05, 3.63) is 77.5 Å². The third kappa shape index (κ3) is 2.44. The molecule has 2 aliphatic rings. The first-order valence-corrected chi connectivity index (χ1v) is 9.12. The first-order chi connectivity index (χ1) is 11.3. The van der Waals surface area contributed by atoms with Crippen molar-refractivity contribution in [1.29, 1.82) is 0 Å². The van der Waals surface area contributed by atoms with Crippen molar-refractivity contribution in [3.63, 3.8) is 0 Å². The molecule has 0 fully saturated rings. The lowest BCUT2D eigenvalue weighted by Crippen LogP contribution is -2.25. The smallest absolute Gasteiger partial charge is 0.0496 e. The molecule has 2 aromatic rings. The van der Waals surface area contributed by atoms with Crippen molar-refractivity contribution in [2.45, 2.75) is 12.5 Å². The number of hydrogen-bond acceptors (Lipinski definition) is 2. The van der Waals surface area contributed by atoms with E-state index in [-0.39, 0.29) is 6.04 Å². The van der Waals surface area contributed by atoms with Gasteiger partial charge >= 0.3 is 0 Å². The molecule has 0 radical (unpaired) electrons. The van der Waals surface area contributed by atoms with Crippen molar-refractivity contribution < 1.29 is 0 Å². The van der Waals surface area contributed by atoms with E-state index in [4.69, 9.17) is 5.73 Å². The molecule has 0 amide bonds. The fourth-order valence-corrected chi connectivity index (χ4v) is 3.75. The lowest BCUT2D eigenvalue weighted by Gasteiger charge is -2.34. The second-order valence-corrected chi connectivity index (χ2v) is 6.78. The van der Waals surface area contributed by atoms with Crippen LogP contribution in [-0.4, -0.2) is 11.9 Å². The summed E-state index contributed by atoms with van der Waals surface area (Å²) in [6.45, 7) is 1.01. The zero-order valence-electron chi connectivity index (χ0n) is 12.9. The summed E-state index contributed by atoms with van der Waals surface area (Å²) in [5, 5.41) is 1.01. The molecule has 2 nitrogen and oxygen atoms in total.